The predicted octanol–water partition coefficient (Wildman–Crippen LogP) is 5.02. The van der Waals surface area contributed by atoms with E-state index in [-0.39, 0.29) is 5.82 Å². The van der Waals surface area contributed by atoms with Crippen molar-refractivity contribution in [3.63, 3.8) is 0 Å². The van der Waals surface area contributed by atoms with Crippen LogP contribution in [0.1, 0.15) is 4.88 Å². The van der Waals surface area contributed by atoms with Crippen molar-refractivity contribution >= 4 is 48.9 Å². The lowest BCUT2D eigenvalue weighted by atomic mass is 10.3. The lowest BCUT2D eigenvalue weighted by Crippen LogP contribution is -1.99. The molecular weight excluding hydrogens is 357 g/mol. The molecule has 2 aromatic rings. The third-order valence-corrected chi connectivity index (χ3v) is 4.20. The topological polar surface area (TPSA) is 12.0 Å². The molecule has 0 bridgehead atoms. The maximum atomic E-state index is 13.5. The minimum absolute atomic E-state index is 0.245. The first kappa shape index (κ1) is 12.1. The molecule has 0 saturated carbocycles. The average Bonchev–Trinajstić information content (AvgIpc) is 2.63. The highest BCUT2D eigenvalue weighted by Gasteiger charge is 2.03. The van der Waals surface area contributed by atoms with E-state index in [0.717, 1.165) is 13.8 Å². The van der Waals surface area contributed by atoms with Gasteiger partial charge in [-0.05, 0) is 40.2 Å². The van der Waals surface area contributed by atoms with Crippen LogP contribution in [0.3, 0.4) is 0 Å². The van der Waals surface area contributed by atoms with Gasteiger partial charge in [0.2, 0.25) is 0 Å². The smallest absolute Gasteiger partial charge is 0.147 e. The maximum absolute atomic E-state index is 13.5. The van der Waals surface area contributed by atoms with Crippen molar-refractivity contribution < 1.29 is 4.39 Å². The van der Waals surface area contributed by atoms with Crippen molar-refractivity contribution in [3.8, 4) is 0 Å². The van der Waals surface area contributed by atoms with Crippen molar-refractivity contribution in [1.29, 1.82) is 0 Å². The van der Waals surface area contributed by atoms with Crippen molar-refractivity contribution in [1.82, 2.24) is 0 Å². The molecule has 0 unspecified atom stereocenters. The zero-order valence-corrected chi connectivity index (χ0v) is 12.1. The maximum Gasteiger partial charge on any atom is 0.147 e. The molecule has 1 aromatic carbocycles. The molecule has 0 fully saturated rings. The average molecular weight is 365 g/mol. The Kier molecular flexibility index (Phi) is 4.00. The summed E-state index contributed by atoms with van der Waals surface area (Å²) < 4.78 is 15.3. The Morgan fingerprint density at radius 2 is 2.00 bits per heavy atom. The Morgan fingerprint density at radius 3 is 2.62 bits per heavy atom. The zero-order valence-electron chi connectivity index (χ0n) is 8.14. The van der Waals surface area contributed by atoms with E-state index in [1.807, 2.05) is 17.5 Å². The molecule has 0 radical (unpaired) electrons. The highest BCUT2D eigenvalue weighted by molar-refractivity contribution is 9.10. The molecule has 1 aromatic heterocycles. The summed E-state index contributed by atoms with van der Waals surface area (Å²) in [5, 5.41) is 5.07. The van der Waals surface area contributed by atoms with Crippen LogP contribution in [-0.4, -0.2) is 0 Å². The number of halogens is 3. The molecule has 16 heavy (non-hydrogen) atoms. The van der Waals surface area contributed by atoms with Crippen molar-refractivity contribution in [2.45, 2.75) is 6.54 Å². The van der Waals surface area contributed by atoms with Gasteiger partial charge in [0.1, 0.15) is 5.82 Å². The molecular formula is C11H8Br2FNS. The van der Waals surface area contributed by atoms with Gasteiger partial charge in [0.15, 0.2) is 0 Å². The second-order valence-electron chi connectivity index (χ2n) is 3.21. The molecule has 0 aliphatic rings. The van der Waals surface area contributed by atoms with Crippen LogP contribution in [0.4, 0.5) is 10.1 Å². The molecule has 5 heteroatoms. The number of rotatable bonds is 3. The van der Waals surface area contributed by atoms with E-state index >= 15 is 0 Å². The summed E-state index contributed by atoms with van der Waals surface area (Å²) in [6.07, 6.45) is 0. The predicted molar refractivity (Wildman–Crippen MR) is 73.4 cm³/mol. The Hall–Kier alpha value is -0.390. The fraction of sp³-hybridized carbons (Fsp3) is 0.0909. The summed E-state index contributed by atoms with van der Waals surface area (Å²) in [4.78, 5) is 1.16. The highest BCUT2D eigenvalue weighted by Crippen LogP contribution is 2.23. The Bertz CT molecular complexity index is 498. The van der Waals surface area contributed by atoms with Crippen molar-refractivity contribution in [2.24, 2.45) is 0 Å². The molecule has 2 rings (SSSR count). The number of benzene rings is 1. The summed E-state index contributed by atoms with van der Waals surface area (Å²) in [7, 11) is 0. The van der Waals surface area contributed by atoms with E-state index in [2.05, 4.69) is 37.2 Å². The number of nitrogens with one attached hydrogen (secondary N) is 1. The third kappa shape index (κ3) is 3.06. The third-order valence-electron chi connectivity index (χ3n) is 2.01. The van der Waals surface area contributed by atoms with Crippen LogP contribution in [0, 0.1) is 5.82 Å². The summed E-state index contributed by atoms with van der Waals surface area (Å²) in [6.45, 7) is 0.634. The van der Waals surface area contributed by atoms with E-state index in [0.29, 0.717) is 12.2 Å². The summed E-state index contributed by atoms with van der Waals surface area (Å²) in [5.74, 6) is -0.245. The van der Waals surface area contributed by atoms with E-state index in [4.69, 9.17) is 0 Å². The van der Waals surface area contributed by atoms with Gasteiger partial charge >= 0.3 is 0 Å². The van der Waals surface area contributed by atoms with Gasteiger partial charge in [0, 0.05) is 25.7 Å². The fourth-order valence-electron chi connectivity index (χ4n) is 1.26. The monoisotopic (exact) mass is 363 g/mol. The van der Waals surface area contributed by atoms with Crippen molar-refractivity contribution in [3.05, 3.63) is 49.3 Å². The van der Waals surface area contributed by atoms with Gasteiger partial charge < -0.3 is 5.32 Å². The van der Waals surface area contributed by atoms with Gasteiger partial charge in [0.25, 0.3) is 0 Å². The molecule has 0 amide bonds. The van der Waals surface area contributed by atoms with E-state index in [1.165, 1.54) is 6.07 Å². The van der Waals surface area contributed by atoms with Crippen LogP contribution in [0.2, 0.25) is 0 Å². The van der Waals surface area contributed by atoms with E-state index in [1.54, 1.807) is 17.4 Å². The van der Waals surface area contributed by atoms with Crippen LogP contribution < -0.4 is 5.32 Å². The molecule has 84 valence electrons. The molecule has 1 nitrogen and oxygen atoms in total. The van der Waals surface area contributed by atoms with Gasteiger partial charge in [0.05, 0.1) is 5.69 Å². The van der Waals surface area contributed by atoms with Gasteiger partial charge in [-0.25, -0.2) is 4.39 Å². The second kappa shape index (κ2) is 5.29. The Morgan fingerprint density at radius 1 is 1.19 bits per heavy atom. The number of thiophene rings is 1. The minimum Gasteiger partial charge on any atom is -0.378 e. The first-order valence-corrected chi connectivity index (χ1v) is 7.03. The van der Waals surface area contributed by atoms with Gasteiger partial charge in [-0.15, -0.1) is 11.3 Å². The van der Waals surface area contributed by atoms with Crippen LogP contribution in [0.5, 0.6) is 0 Å². The lowest BCUT2D eigenvalue weighted by Gasteiger charge is -2.06. The number of hydrogen-bond donors (Lipinski definition) is 1. The molecule has 0 atom stereocenters. The molecule has 0 saturated heterocycles. The Labute approximate surface area is 114 Å². The van der Waals surface area contributed by atoms with E-state index in [9.17, 15) is 4.39 Å². The first-order chi connectivity index (χ1) is 7.65. The van der Waals surface area contributed by atoms with Gasteiger partial charge in [-0.2, -0.15) is 0 Å². The van der Waals surface area contributed by atoms with Crippen molar-refractivity contribution in [2.75, 3.05) is 5.32 Å². The molecule has 0 aliphatic heterocycles. The summed E-state index contributed by atoms with van der Waals surface area (Å²) in [6, 6.07) is 7.01. The lowest BCUT2D eigenvalue weighted by molar-refractivity contribution is 0.629. The molecule has 1 N–H and O–H groups in total. The quantitative estimate of drug-likeness (QED) is 0.805. The number of hydrogen-bond acceptors (Lipinski definition) is 2. The standard InChI is InChI=1S/C11H8Br2FNS/c12-7-1-2-11(10(14)4-7)15-5-9-3-8(13)6-16-9/h1-4,6,15H,5H2. The van der Waals surface area contributed by atoms with Crippen LogP contribution in [0.15, 0.2) is 38.6 Å². The highest BCUT2D eigenvalue weighted by atomic mass is 79.9. The zero-order chi connectivity index (χ0) is 11.5. The van der Waals surface area contributed by atoms with Crippen LogP contribution >= 0.6 is 43.2 Å². The van der Waals surface area contributed by atoms with Gasteiger partial charge in [-0.3, -0.25) is 0 Å². The van der Waals surface area contributed by atoms with E-state index < -0.39 is 0 Å². The second-order valence-corrected chi connectivity index (χ2v) is 6.04. The van der Waals surface area contributed by atoms with Gasteiger partial charge in [-0.1, -0.05) is 15.9 Å². The molecule has 0 aliphatic carbocycles. The first-order valence-electron chi connectivity index (χ1n) is 4.57. The minimum atomic E-state index is -0.245. The Balaban J connectivity index is 2.04. The molecule has 0 spiro atoms. The largest absolute Gasteiger partial charge is 0.378 e. The SMILES string of the molecule is Fc1cc(Br)ccc1NCc1cc(Br)cs1. The van der Waals surface area contributed by atoms with Crippen LogP contribution in [-0.2, 0) is 6.54 Å². The normalized spacial score (nSPS) is 10.4. The number of anilines is 1. The summed E-state index contributed by atoms with van der Waals surface area (Å²) in [5.41, 5.74) is 0.521. The van der Waals surface area contributed by atoms with Crippen LogP contribution in [0.25, 0.3) is 0 Å². The molecule has 1 heterocycles. The summed E-state index contributed by atoms with van der Waals surface area (Å²) >= 11 is 8.25. The fourth-order valence-corrected chi connectivity index (χ4v) is 2.99.